The van der Waals surface area contributed by atoms with Gasteiger partial charge in [0.25, 0.3) is 0 Å². The molecule has 0 fully saturated rings. The second-order valence-corrected chi connectivity index (χ2v) is 6.57. The molecule has 0 aromatic heterocycles. The summed E-state index contributed by atoms with van der Waals surface area (Å²) in [5.41, 5.74) is 3.28. The maximum absolute atomic E-state index is 14.9. The molecule has 4 nitrogen and oxygen atoms in total. The van der Waals surface area contributed by atoms with Crippen molar-refractivity contribution >= 4 is 11.4 Å². The van der Waals surface area contributed by atoms with Gasteiger partial charge in [-0.1, -0.05) is 0 Å². The van der Waals surface area contributed by atoms with Crippen molar-refractivity contribution in [1.82, 2.24) is 0 Å². The van der Waals surface area contributed by atoms with E-state index in [0.29, 0.717) is 0 Å². The van der Waals surface area contributed by atoms with Crippen molar-refractivity contribution in [1.29, 1.82) is 0 Å². The molecule has 0 spiro atoms. The van der Waals surface area contributed by atoms with E-state index in [0.717, 1.165) is 0 Å². The topological polar surface area (TPSA) is 70.5 Å². The van der Waals surface area contributed by atoms with E-state index < -0.39 is 110 Å². The summed E-state index contributed by atoms with van der Waals surface area (Å²) in [6, 6.07) is -0.506. The van der Waals surface area contributed by atoms with Gasteiger partial charge >= 0.3 is 6.18 Å². The largest absolute Gasteiger partial charge is 0.448 e. The lowest BCUT2D eigenvalue weighted by Gasteiger charge is -2.19. The first kappa shape index (κ1) is 26.6. The molecule has 0 atom stereocenters. The third-order valence-electron chi connectivity index (χ3n) is 4.35. The fraction of sp³-hybridized carbons (Fsp3) is 0.0526. The van der Waals surface area contributed by atoms with Crippen molar-refractivity contribution in [3.63, 3.8) is 0 Å². The molecule has 36 heavy (non-hydrogen) atoms. The van der Waals surface area contributed by atoms with Crippen LogP contribution in [0.3, 0.4) is 0 Å². The van der Waals surface area contributed by atoms with E-state index in [1.807, 2.05) is 0 Å². The quantitative estimate of drug-likeness (QED) is 0.165. The fourth-order valence-corrected chi connectivity index (χ4v) is 2.66. The lowest BCUT2D eigenvalue weighted by atomic mass is 10.1. The molecule has 0 radical (unpaired) electrons. The van der Waals surface area contributed by atoms with Crippen LogP contribution in [0.2, 0.25) is 0 Å². The number of halogens is 13. The SMILES string of the molecule is Nc1c(F)c(F)c(F)c(Oc2cc(F)c(C(F)(F)F)c(Oc3c(F)c(N)c(F)c(F)c3F)c2F)c1F. The van der Waals surface area contributed by atoms with Gasteiger partial charge in [0.05, 0.1) is 0 Å². The predicted octanol–water partition coefficient (Wildman–Crippen LogP) is 6.85. The second kappa shape index (κ2) is 8.87. The van der Waals surface area contributed by atoms with Crippen molar-refractivity contribution in [2.45, 2.75) is 6.18 Å². The summed E-state index contributed by atoms with van der Waals surface area (Å²) < 4.78 is 187. The molecule has 3 rings (SSSR count). The summed E-state index contributed by atoms with van der Waals surface area (Å²) in [6.45, 7) is 0. The molecule has 0 aliphatic carbocycles. The van der Waals surface area contributed by atoms with Crippen LogP contribution >= 0.6 is 0 Å². The van der Waals surface area contributed by atoms with Crippen molar-refractivity contribution in [3.05, 3.63) is 69.8 Å². The summed E-state index contributed by atoms with van der Waals surface area (Å²) in [6.07, 6.45) is -5.92. The first-order valence-corrected chi connectivity index (χ1v) is 8.68. The van der Waals surface area contributed by atoms with Gasteiger partial charge in [0.2, 0.25) is 40.6 Å². The molecule has 3 aromatic rings. The molecule has 4 N–H and O–H groups in total. The van der Waals surface area contributed by atoms with Crippen molar-refractivity contribution in [2.24, 2.45) is 0 Å². The standard InChI is InChI=1S/C19H5F13N2O2/c20-2-1-3(35-17-10(26)6(22)8(24)14(33)12(17)28)5(21)16(4(2)19(30,31)32)36-18-11(27)7(23)9(25)15(34)13(18)29/h1H,33-34H2. The Morgan fingerprint density at radius 3 is 1.33 bits per heavy atom. The van der Waals surface area contributed by atoms with E-state index in [9.17, 15) is 57.1 Å². The average molecular weight is 540 g/mol. The summed E-state index contributed by atoms with van der Waals surface area (Å²) in [7, 11) is 0. The summed E-state index contributed by atoms with van der Waals surface area (Å²) in [5, 5.41) is 0. The van der Waals surface area contributed by atoms with E-state index in [1.165, 1.54) is 0 Å². The van der Waals surface area contributed by atoms with Crippen LogP contribution in [0.25, 0.3) is 0 Å². The van der Waals surface area contributed by atoms with Crippen LogP contribution in [-0.2, 0) is 6.18 Å². The molecule has 0 heterocycles. The molecule has 0 aliphatic heterocycles. The number of nitrogens with two attached hydrogens (primary N) is 2. The minimum atomic E-state index is -5.92. The molecule has 0 aliphatic rings. The zero-order valence-electron chi connectivity index (χ0n) is 16.5. The molecule has 0 saturated carbocycles. The fourth-order valence-electron chi connectivity index (χ4n) is 2.66. The van der Waals surface area contributed by atoms with Crippen LogP contribution in [-0.4, -0.2) is 0 Å². The maximum Gasteiger partial charge on any atom is 0.422 e. The van der Waals surface area contributed by atoms with Crippen LogP contribution in [0, 0.1) is 58.2 Å². The molecule has 3 aromatic carbocycles. The highest BCUT2D eigenvalue weighted by atomic mass is 19.4. The molecular weight excluding hydrogens is 535 g/mol. The Hall–Kier alpha value is -4.05. The third kappa shape index (κ3) is 4.13. The summed E-state index contributed by atoms with van der Waals surface area (Å²) >= 11 is 0. The highest BCUT2D eigenvalue weighted by Crippen LogP contribution is 2.47. The molecule has 17 heteroatoms. The average Bonchev–Trinajstić information content (AvgIpc) is 2.80. The van der Waals surface area contributed by atoms with Crippen molar-refractivity contribution in [2.75, 3.05) is 11.5 Å². The smallest absolute Gasteiger partial charge is 0.422 e. The normalized spacial score (nSPS) is 11.7. The Bertz CT molecular complexity index is 1350. The van der Waals surface area contributed by atoms with Crippen LogP contribution in [0.15, 0.2) is 6.07 Å². The highest BCUT2D eigenvalue weighted by Gasteiger charge is 2.42. The molecule has 0 unspecified atom stereocenters. The van der Waals surface area contributed by atoms with Crippen LogP contribution in [0.1, 0.15) is 5.56 Å². The number of hydrogen-bond donors (Lipinski definition) is 2. The number of alkyl halides is 3. The number of hydrogen-bond acceptors (Lipinski definition) is 4. The monoisotopic (exact) mass is 540 g/mol. The molecule has 0 saturated heterocycles. The summed E-state index contributed by atoms with van der Waals surface area (Å²) in [5.74, 6) is -33.6. The first-order chi connectivity index (χ1) is 16.5. The lowest BCUT2D eigenvalue weighted by molar-refractivity contribution is -0.141. The number of benzene rings is 3. The minimum Gasteiger partial charge on any atom is -0.448 e. The third-order valence-corrected chi connectivity index (χ3v) is 4.35. The van der Waals surface area contributed by atoms with Gasteiger partial charge in [-0.15, -0.1) is 0 Å². The number of nitrogen functional groups attached to an aromatic ring is 2. The Labute approximate surface area is 189 Å². The Morgan fingerprint density at radius 2 is 0.917 bits per heavy atom. The Morgan fingerprint density at radius 1 is 0.500 bits per heavy atom. The van der Waals surface area contributed by atoms with Gasteiger partial charge in [-0.2, -0.15) is 26.3 Å². The van der Waals surface area contributed by atoms with Gasteiger partial charge in [0.15, 0.2) is 34.8 Å². The van der Waals surface area contributed by atoms with E-state index in [2.05, 4.69) is 9.47 Å². The zero-order valence-corrected chi connectivity index (χ0v) is 16.5. The van der Waals surface area contributed by atoms with Gasteiger partial charge in [0.1, 0.15) is 22.8 Å². The van der Waals surface area contributed by atoms with Gasteiger partial charge < -0.3 is 20.9 Å². The molecule has 0 bridgehead atoms. The van der Waals surface area contributed by atoms with Crippen molar-refractivity contribution in [3.8, 4) is 23.0 Å². The zero-order chi connectivity index (χ0) is 27.4. The van der Waals surface area contributed by atoms with Crippen LogP contribution < -0.4 is 20.9 Å². The van der Waals surface area contributed by atoms with Gasteiger partial charge in [-0.25, -0.2) is 30.7 Å². The molecule has 194 valence electrons. The number of anilines is 2. The van der Waals surface area contributed by atoms with Crippen LogP contribution in [0.4, 0.5) is 68.5 Å². The van der Waals surface area contributed by atoms with Crippen LogP contribution in [0.5, 0.6) is 23.0 Å². The minimum absolute atomic E-state index is 0.506. The summed E-state index contributed by atoms with van der Waals surface area (Å²) in [4.78, 5) is 0. The van der Waals surface area contributed by atoms with Gasteiger partial charge in [0, 0.05) is 6.07 Å². The van der Waals surface area contributed by atoms with Crippen molar-refractivity contribution < 1.29 is 66.5 Å². The van der Waals surface area contributed by atoms with Gasteiger partial charge in [-0.3, -0.25) is 0 Å². The van der Waals surface area contributed by atoms with Gasteiger partial charge in [-0.05, 0) is 0 Å². The second-order valence-electron chi connectivity index (χ2n) is 6.57. The number of ether oxygens (including phenoxy) is 2. The van der Waals surface area contributed by atoms with E-state index in [4.69, 9.17) is 11.5 Å². The van der Waals surface area contributed by atoms with E-state index in [-0.39, 0.29) is 0 Å². The van der Waals surface area contributed by atoms with E-state index in [1.54, 1.807) is 0 Å². The maximum atomic E-state index is 14.9. The predicted molar refractivity (Wildman–Crippen MR) is 92.9 cm³/mol. The van der Waals surface area contributed by atoms with E-state index >= 15 is 0 Å². The lowest BCUT2D eigenvalue weighted by Crippen LogP contribution is -2.14. The first-order valence-electron chi connectivity index (χ1n) is 8.68. The highest BCUT2D eigenvalue weighted by molar-refractivity contribution is 5.55. The Kier molecular flexibility index (Phi) is 6.54. The molecule has 0 amide bonds. The molecular formula is C19H5F13N2O2. The number of rotatable bonds is 4. The Balaban J connectivity index is 2.30.